The van der Waals surface area contributed by atoms with E-state index in [1.165, 1.54) is 6.42 Å². The van der Waals surface area contributed by atoms with Gasteiger partial charge in [0.1, 0.15) is 0 Å². The fourth-order valence-electron chi connectivity index (χ4n) is 1.27. The van der Waals surface area contributed by atoms with E-state index in [1.54, 1.807) is 10.4 Å². The van der Waals surface area contributed by atoms with Gasteiger partial charge in [-0.1, -0.05) is 6.42 Å². The zero-order chi connectivity index (χ0) is 9.68. The first kappa shape index (κ1) is 9.94. The second kappa shape index (κ2) is 4.78. The number of carbonyl (C=O) groups is 2. The summed E-state index contributed by atoms with van der Waals surface area (Å²) in [4.78, 5) is 21.7. The molecule has 6 nitrogen and oxygen atoms in total. The molecule has 13 heavy (non-hydrogen) atoms. The van der Waals surface area contributed by atoms with E-state index in [2.05, 4.69) is 5.43 Å². The Morgan fingerprint density at radius 1 is 1.08 bits per heavy atom. The van der Waals surface area contributed by atoms with E-state index in [4.69, 9.17) is 5.84 Å². The van der Waals surface area contributed by atoms with Gasteiger partial charge in [0.15, 0.2) is 0 Å². The summed E-state index contributed by atoms with van der Waals surface area (Å²) >= 11 is 0. The van der Waals surface area contributed by atoms with E-state index in [1.807, 2.05) is 0 Å². The molecule has 1 fully saturated rings. The fraction of sp³-hybridized carbons (Fsp3) is 0.714. The normalized spacial score (nSPS) is 17.9. The maximum Gasteiger partial charge on any atom is 0.324 e. The van der Waals surface area contributed by atoms with Crippen molar-refractivity contribution in [3.63, 3.8) is 0 Å². The standard InChI is InChI=1S/C7H14N4O2/c8-9-6(12)7(13)10-11-4-2-1-3-5-11/h1-5,8H2,(H,9,12)(H,10,13). The van der Waals surface area contributed by atoms with Crippen molar-refractivity contribution in [3.05, 3.63) is 0 Å². The first-order valence-electron chi connectivity index (χ1n) is 4.30. The third kappa shape index (κ3) is 3.00. The summed E-state index contributed by atoms with van der Waals surface area (Å²) in [5.41, 5.74) is 4.25. The van der Waals surface area contributed by atoms with E-state index < -0.39 is 11.8 Å². The lowest BCUT2D eigenvalue weighted by atomic mass is 10.2. The van der Waals surface area contributed by atoms with E-state index in [0.29, 0.717) is 0 Å². The second-order valence-corrected chi connectivity index (χ2v) is 2.96. The molecule has 0 bridgehead atoms. The minimum absolute atomic E-state index is 0.704. The Hall–Kier alpha value is -1.14. The zero-order valence-corrected chi connectivity index (χ0v) is 7.38. The van der Waals surface area contributed by atoms with Crippen molar-refractivity contribution in [1.82, 2.24) is 15.9 Å². The predicted molar refractivity (Wildman–Crippen MR) is 45.9 cm³/mol. The highest BCUT2D eigenvalue weighted by molar-refractivity contribution is 6.34. The van der Waals surface area contributed by atoms with Crippen LogP contribution in [0.1, 0.15) is 19.3 Å². The van der Waals surface area contributed by atoms with Crippen LogP contribution >= 0.6 is 0 Å². The highest BCUT2D eigenvalue weighted by atomic mass is 16.2. The number of nitrogens with zero attached hydrogens (tertiary/aromatic N) is 1. The smallest absolute Gasteiger partial charge is 0.286 e. The lowest BCUT2D eigenvalue weighted by Gasteiger charge is -2.26. The molecule has 74 valence electrons. The summed E-state index contributed by atoms with van der Waals surface area (Å²) in [7, 11) is 0. The molecule has 1 saturated heterocycles. The molecular formula is C7H14N4O2. The highest BCUT2D eigenvalue weighted by Gasteiger charge is 2.17. The number of carbonyl (C=O) groups excluding carboxylic acids is 2. The van der Waals surface area contributed by atoms with Crippen molar-refractivity contribution in [3.8, 4) is 0 Å². The van der Waals surface area contributed by atoms with Crippen LogP contribution in [-0.4, -0.2) is 29.9 Å². The van der Waals surface area contributed by atoms with Crippen LogP contribution in [0.5, 0.6) is 0 Å². The van der Waals surface area contributed by atoms with Gasteiger partial charge >= 0.3 is 11.8 Å². The largest absolute Gasteiger partial charge is 0.324 e. The number of hydrogen-bond acceptors (Lipinski definition) is 4. The lowest BCUT2D eigenvalue weighted by molar-refractivity contribution is -0.142. The Labute approximate surface area is 76.4 Å². The van der Waals surface area contributed by atoms with Gasteiger partial charge in [-0.2, -0.15) is 0 Å². The van der Waals surface area contributed by atoms with Gasteiger partial charge in [-0.3, -0.25) is 20.4 Å². The van der Waals surface area contributed by atoms with E-state index in [9.17, 15) is 9.59 Å². The van der Waals surface area contributed by atoms with E-state index >= 15 is 0 Å². The third-order valence-corrected chi connectivity index (χ3v) is 1.95. The van der Waals surface area contributed by atoms with Crippen LogP contribution < -0.4 is 16.7 Å². The van der Waals surface area contributed by atoms with Gasteiger partial charge in [-0.15, -0.1) is 0 Å². The van der Waals surface area contributed by atoms with Crippen LogP contribution in [0, 0.1) is 0 Å². The average molecular weight is 186 g/mol. The monoisotopic (exact) mass is 186 g/mol. The van der Waals surface area contributed by atoms with Crippen molar-refractivity contribution in [1.29, 1.82) is 0 Å². The van der Waals surface area contributed by atoms with Crippen LogP contribution in [0.25, 0.3) is 0 Å². The molecule has 6 heteroatoms. The number of nitrogens with one attached hydrogen (secondary N) is 2. The van der Waals surface area contributed by atoms with E-state index in [0.717, 1.165) is 25.9 Å². The lowest BCUT2D eigenvalue weighted by Crippen LogP contribution is -2.51. The van der Waals surface area contributed by atoms with Crippen molar-refractivity contribution in [2.45, 2.75) is 19.3 Å². The minimum atomic E-state index is -0.814. The molecule has 1 rings (SSSR count). The molecule has 2 amide bonds. The Bertz CT molecular complexity index is 201. The summed E-state index contributed by atoms with van der Waals surface area (Å²) in [6.07, 6.45) is 3.27. The first-order valence-corrected chi connectivity index (χ1v) is 4.30. The van der Waals surface area contributed by atoms with Gasteiger partial charge in [0.2, 0.25) is 0 Å². The van der Waals surface area contributed by atoms with Gasteiger partial charge in [0.05, 0.1) is 0 Å². The Kier molecular flexibility index (Phi) is 3.66. The molecule has 1 aliphatic rings. The van der Waals surface area contributed by atoms with Gasteiger partial charge in [-0.25, -0.2) is 10.9 Å². The second-order valence-electron chi connectivity index (χ2n) is 2.96. The molecule has 0 unspecified atom stereocenters. The van der Waals surface area contributed by atoms with Crippen LogP contribution in [0.15, 0.2) is 0 Å². The molecule has 0 aliphatic carbocycles. The molecule has 0 atom stereocenters. The van der Waals surface area contributed by atoms with Crippen molar-refractivity contribution in [2.24, 2.45) is 5.84 Å². The minimum Gasteiger partial charge on any atom is -0.286 e. The summed E-state index contributed by atoms with van der Waals surface area (Å²) in [5.74, 6) is 3.28. The van der Waals surface area contributed by atoms with Gasteiger partial charge in [0, 0.05) is 13.1 Å². The van der Waals surface area contributed by atoms with Crippen LogP contribution in [0.2, 0.25) is 0 Å². The highest BCUT2D eigenvalue weighted by Crippen LogP contribution is 2.05. The topological polar surface area (TPSA) is 87.5 Å². The number of nitrogens with two attached hydrogens (primary N) is 1. The average Bonchev–Trinajstić information content (AvgIpc) is 2.18. The Morgan fingerprint density at radius 2 is 1.69 bits per heavy atom. The van der Waals surface area contributed by atoms with Crippen molar-refractivity contribution in [2.75, 3.05) is 13.1 Å². The molecule has 1 aliphatic heterocycles. The third-order valence-electron chi connectivity index (χ3n) is 1.95. The molecule has 0 aromatic heterocycles. The maximum absolute atomic E-state index is 11.0. The summed E-state index contributed by atoms with van der Waals surface area (Å²) in [6.45, 7) is 1.59. The summed E-state index contributed by atoms with van der Waals surface area (Å²) in [6, 6.07) is 0. The quantitative estimate of drug-likeness (QED) is 0.201. The number of hydrogen-bond donors (Lipinski definition) is 3. The van der Waals surface area contributed by atoms with Gasteiger partial charge in [0.25, 0.3) is 0 Å². The molecule has 4 N–H and O–H groups in total. The molecule has 0 aromatic carbocycles. The number of hydrazine groups is 2. The summed E-state index contributed by atoms with van der Waals surface area (Å²) in [5, 5.41) is 1.74. The first-order chi connectivity index (χ1) is 6.24. The van der Waals surface area contributed by atoms with Crippen LogP contribution in [0.4, 0.5) is 0 Å². The fourth-order valence-corrected chi connectivity index (χ4v) is 1.27. The van der Waals surface area contributed by atoms with Crippen LogP contribution in [0.3, 0.4) is 0 Å². The van der Waals surface area contributed by atoms with Gasteiger partial charge < -0.3 is 0 Å². The molecule has 0 radical (unpaired) electrons. The zero-order valence-electron chi connectivity index (χ0n) is 7.38. The number of rotatable bonds is 1. The SMILES string of the molecule is NNC(=O)C(=O)NN1CCCCC1. The molecular weight excluding hydrogens is 172 g/mol. The van der Waals surface area contributed by atoms with Crippen molar-refractivity contribution >= 4 is 11.8 Å². The predicted octanol–water partition coefficient (Wildman–Crippen LogP) is -1.51. The van der Waals surface area contributed by atoms with Crippen LogP contribution in [-0.2, 0) is 9.59 Å². The van der Waals surface area contributed by atoms with Gasteiger partial charge in [-0.05, 0) is 12.8 Å². The Morgan fingerprint density at radius 3 is 2.23 bits per heavy atom. The molecule has 1 heterocycles. The summed E-state index contributed by atoms with van der Waals surface area (Å²) < 4.78 is 0. The molecule has 0 aromatic rings. The maximum atomic E-state index is 11.0. The van der Waals surface area contributed by atoms with E-state index in [-0.39, 0.29) is 0 Å². The Balaban J connectivity index is 2.30. The number of piperidine rings is 1. The number of amides is 2. The molecule has 0 spiro atoms. The molecule has 0 saturated carbocycles. The van der Waals surface area contributed by atoms with Crippen molar-refractivity contribution < 1.29 is 9.59 Å².